The van der Waals surface area contributed by atoms with Crippen molar-refractivity contribution in [1.82, 2.24) is 10.1 Å². The fourth-order valence-corrected chi connectivity index (χ4v) is 2.27. The van der Waals surface area contributed by atoms with Crippen LogP contribution in [-0.2, 0) is 10.2 Å². The average molecular weight is 222 g/mol. The highest BCUT2D eigenvalue weighted by atomic mass is 16.5. The van der Waals surface area contributed by atoms with Gasteiger partial charge in [0.1, 0.15) is 0 Å². The van der Waals surface area contributed by atoms with Gasteiger partial charge in [0.2, 0.25) is 5.89 Å². The van der Waals surface area contributed by atoms with Crippen LogP contribution in [0.4, 0.5) is 0 Å². The van der Waals surface area contributed by atoms with Gasteiger partial charge in [-0.25, -0.2) is 4.79 Å². The lowest BCUT2D eigenvalue weighted by atomic mass is 10.0. The molecule has 0 unspecified atom stereocenters. The fourth-order valence-electron chi connectivity index (χ4n) is 2.27. The second-order valence-electron chi connectivity index (χ2n) is 4.57. The SMILES string of the molecule is CCOC(=O)c1noc(C2(C3CC3)CC2)n1. The molecule has 2 aliphatic carbocycles. The van der Waals surface area contributed by atoms with Crippen molar-refractivity contribution in [2.45, 2.75) is 38.0 Å². The molecule has 86 valence electrons. The van der Waals surface area contributed by atoms with Gasteiger partial charge in [-0.1, -0.05) is 0 Å². The Morgan fingerprint density at radius 2 is 2.31 bits per heavy atom. The number of rotatable bonds is 4. The van der Waals surface area contributed by atoms with Crippen molar-refractivity contribution in [3.63, 3.8) is 0 Å². The van der Waals surface area contributed by atoms with Crippen LogP contribution in [0, 0.1) is 5.92 Å². The van der Waals surface area contributed by atoms with Crippen LogP contribution in [0.3, 0.4) is 0 Å². The van der Waals surface area contributed by atoms with Crippen LogP contribution in [0.25, 0.3) is 0 Å². The number of carbonyl (C=O) groups excluding carboxylic acids is 1. The molecule has 16 heavy (non-hydrogen) atoms. The summed E-state index contributed by atoms with van der Waals surface area (Å²) in [6.07, 6.45) is 4.72. The lowest BCUT2D eigenvalue weighted by molar-refractivity contribution is 0.0508. The van der Waals surface area contributed by atoms with Crippen LogP contribution in [-0.4, -0.2) is 22.7 Å². The molecule has 0 N–H and O–H groups in total. The summed E-state index contributed by atoms with van der Waals surface area (Å²) in [5, 5.41) is 3.69. The van der Waals surface area contributed by atoms with Gasteiger partial charge >= 0.3 is 5.97 Å². The van der Waals surface area contributed by atoms with Gasteiger partial charge in [-0.3, -0.25) is 0 Å². The van der Waals surface area contributed by atoms with E-state index < -0.39 is 5.97 Å². The summed E-state index contributed by atoms with van der Waals surface area (Å²) in [6.45, 7) is 2.09. The van der Waals surface area contributed by atoms with E-state index >= 15 is 0 Å². The van der Waals surface area contributed by atoms with Gasteiger partial charge in [-0.15, -0.1) is 0 Å². The van der Waals surface area contributed by atoms with Crippen LogP contribution >= 0.6 is 0 Å². The molecule has 0 saturated heterocycles. The number of nitrogens with zero attached hydrogens (tertiary/aromatic N) is 2. The minimum Gasteiger partial charge on any atom is -0.460 e. The molecule has 1 heterocycles. The Morgan fingerprint density at radius 1 is 1.56 bits per heavy atom. The van der Waals surface area contributed by atoms with E-state index in [0.29, 0.717) is 18.4 Å². The molecule has 0 amide bonds. The zero-order valence-electron chi connectivity index (χ0n) is 9.23. The van der Waals surface area contributed by atoms with Crippen molar-refractivity contribution in [3.8, 4) is 0 Å². The monoisotopic (exact) mass is 222 g/mol. The molecule has 0 atom stereocenters. The summed E-state index contributed by atoms with van der Waals surface area (Å²) < 4.78 is 10.0. The van der Waals surface area contributed by atoms with Crippen LogP contribution in [0.15, 0.2) is 4.52 Å². The van der Waals surface area contributed by atoms with E-state index in [2.05, 4.69) is 10.1 Å². The highest BCUT2D eigenvalue weighted by molar-refractivity contribution is 5.84. The zero-order chi connectivity index (χ0) is 11.2. The first-order valence-corrected chi connectivity index (χ1v) is 5.77. The Morgan fingerprint density at radius 3 is 2.88 bits per heavy atom. The molecule has 3 rings (SSSR count). The summed E-state index contributed by atoms with van der Waals surface area (Å²) in [5.74, 6) is 0.897. The van der Waals surface area contributed by atoms with E-state index in [4.69, 9.17) is 9.26 Å². The molecule has 1 aromatic rings. The molecule has 2 aliphatic rings. The Bertz CT molecular complexity index is 419. The predicted octanol–water partition coefficient (Wildman–Crippen LogP) is 1.69. The first-order valence-electron chi connectivity index (χ1n) is 5.77. The lowest BCUT2D eigenvalue weighted by Gasteiger charge is -2.05. The second-order valence-corrected chi connectivity index (χ2v) is 4.57. The summed E-state index contributed by atoms with van der Waals surface area (Å²) in [4.78, 5) is 15.6. The van der Waals surface area contributed by atoms with Crippen molar-refractivity contribution < 1.29 is 14.1 Å². The number of aromatic nitrogens is 2. The van der Waals surface area contributed by atoms with Crippen molar-refractivity contribution in [2.75, 3.05) is 6.61 Å². The van der Waals surface area contributed by atoms with Crippen molar-refractivity contribution in [3.05, 3.63) is 11.7 Å². The van der Waals surface area contributed by atoms with E-state index in [1.807, 2.05) is 0 Å². The van der Waals surface area contributed by atoms with Gasteiger partial charge in [-0.2, -0.15) is 4.98 Å². The van der Waals surface area contributed by atoms with Crippen LogP contribution < -0.4 is 0 Å². The van der Waals surface area contributed by atoms with Gasteiger partial charge in [0, 0.05) is 0 Å². The van der Waals surface area contributed by atoms with Gasteiger partial charge in [-0.05, 0) is 43.7 Å². The molecule has 5 nitrogen and oxygen atoms in total. The van der Waals surface area contributed by atoms with E-state index in [-0.39, 0.29) is 11.2 Å². The third-order valence-corrected chi connectivity index (χ3v) is 3.46. The Labute approximate surface area is 93.2 Å². The topological polar surface area (TPSA) is 65.2 Å². The second kappa shape index (κ2) is 3.30. The van der Waals surface area contributed by atoms with Crippen molar-refractivity contribution in [2.24, 2.45) is 5.92 Å². The molecule has 2 fully saturated rings. The highest BCUT2D eigenvalue weighted by Gasteiger charge is 2.59. The normalized spacial score (nSPS) is 21.8. The maximum Gasteiger partial charge on any atom is 0.379 e. The quantitative estimate of drug-likeness (QED) is 0.725. The average Bonchev–Trinajstić information content (AvgIpc) is 3.16. The Balaban J connectivity index is 1.80. The standard InChI is InChI=1S/C11H14N2O3/c1-2-15-9(14)8-12-10(16-13-8)11(5-6-11)7-3-4-7/h7H,2-6H2,1H3. The molecule has 5 heteroatoms. The van der Waals surface area contributed by atoms with Gasteiger partial charge in [0.15, 0.2) is 0 Å². The minimum atomic E-state index is -0.496. The molecule has 2 saturated carbocycles. The molecule has 0 radical (unpaired) electrons. The summed E-state index contributed by atoms with van der Waals surface area (Å²) in [7, 11) is 0. The fraction of sp³-hybridized carbons (Fsp3) is 0.727. The maximum absolute atomic E-state index is 11.4. The highest BCUT2D eigenvalue weighted by Crippen LogP contribution is 2.61. The smallest absolute Gasteiger partial charge is 0.379 e. The van der Waals surface area contributed by atoms with E-state index in [0.717, 1.165) is 12.8 Å². The van der Waals surface area contributed by atoms with Crippen LogP contribution in [0.5, 0.6) is 0 Å². The van der Waals surface area contributed by atoms with E-state index in [1.165, 1.54) is 12.8 Å². The Kier molecular flexibility index (Phi) is 2.02. The third-order valence-electron chi connectivity index (χ3n) is 3.46. The summed E-state index contributed by atoms with van der Waals surface area (Å²) in [5.41, 5.74) is 0.109. The zero-order valence-corrected chi connectivity index (χ0v) is 9.23. The maximum atomic E-state index is 11.4. The summed E-state index contributed by atoms with van der Waals surface area (Å²) >= 11 is 0. The van der Waals surface area contributed by atoms with Crippen molar-refractivity contribution in [1.29, 1.82) is 0 Å². The van der Waals surface area contributed by atoms with Gasteiger partial charge in [0.25, 0.3) is 5.82 Å². The predicted molar refractivity (Wildman–Crippen MR) is 53.9 cm³/mol. The third kappa shape index (κ3) is 1.42. The van der Waals surface area contributed by atoms with Crippen LogP contribution in [0.1, 0.15) is 49.1 Å². The number of ether oxygens (including phenoxy) is 1. The number of esters is 1. The largest absolute Gasteiger partial charge is 0.460 e. The van der Waals surface area contributed by atoms with Gasteiger partial charge < -0.3 is 9.26 Å². The first kappa shape index (κ1) is 9.81. The van der Waals surface area contributed by atoms with E-state index in [9.17, 15) is 4.79 Å². The lowest BCUT2D eigenvalue weighted by Crippen LogP contribution is -2.11. The van der Waals surface area contributed by atoms with E-state index in [1.54, 1.807) is 6.92 Å². The molecule has 0 spiro atoms. The molecule has 0 aromatic carbocycles. The van der Waals surface area contributed by atoms with Crippen molar-refractivity contribution >= 4 is 5.97 Å². The molecule has 1 aromatic heterocycles. The number of hydrogen-bond acceptors (Lipinski definition) is 5. The van der Waals surface area contributed by atoms with Crippen LogP contribution in [0.2, 0.25) is 0 Å². The number of hydrogen-bond donors (Lipinski definition) is 0. The number of carbonyl (C=O) groups is 1. The van der Waals surface area contributed by atoms with Gasteiger partial charge in [0.05, 0.1) is 12.0 Å². The molecular formula is C11H14N2O3. The summed E-state index contributed by atoms with van der Waals surface area (Å²) in [6, 6.07) is 0. The Hall–Kier alpha value is -1.39. The molecule has 0 aliphatic heterocycles. The molecular weight excluding hydrogens is 208 g/mol. The molecule has 0 bridgehead atoms. The first-order chi connectivity index (χ1) is 7.76. The minimum absolute atomic E-state index is 0.0591.